The monoisotopic (exact) mass is 363 g/mol. The number of aromatic amines is 1. The van der Waals surface area contributed by atoms with Crippen LogP contribution in [0.15, 0.2) is 40.4 Å². The van der Waals surface area contributed by atoms with Gasteiger partial charge in [-0.2, -0.15) is 5.10 Å². The molecule has 0 aliphatic carbocycles. The summed E-state index contributed by atoms with van der Waals surface area (Å²) in [6.07, 6.45) is 3.56. The summed E-state index contributed by atoms with van der Waals surface area (Å²) >= 11 is 0. The third-order valence-corrected chi connectivity index (χ3v) is 5.48. The second-order valence-electron chi connectivity index (χ2n) is 8.31. The minimum Gasteiger partial charge on any atom is -0.367 e. The van der Waals surface area contributed by atoms with Crippen LogP contribution in [0.3, 0.4) is 0 Å². The largest absolute Gasteiger partial charge is 0.367 e. The first-order chi connectivity index (χ1) is 12.8. The van der Waals surface area contributed by atoms with Gasteiger partial charge in [-0.15, -0.1) is 0 Å². The van der Waals surface area contributed by atoms with Crippen LogP contribution in [0.5, 0.6) is 0 Å². The van der Waals surface area contributed by atoms with Gasteiger partial charge < -0.3 is 15.7 Å². The summed E-state index contributed by atoms with van der Waals surface area (Å²) in [5, 5.41) is 10.2. The van der Waals surface area contributed by atoms with Crippen LogP contribution in [-0.2, 0) is 0 Å². The van der Waals surface area contributed by atoms with Gasteiger partial charge >= 0.3 is 0 Å². The minimum atomic E-state index is -0.115. The van der Waals surface area contributed by atoms with E-state index in [0.29, 0.717) is 10.9 Å². The summed E-state index contributed by atoms with van der Waals surface area (Å²) in [7, 11) is 0. The highest BCUT2D eigenvalue weighted by atomic mass is 16.1. The van der Waals surface area contributed by atoms with Crippen LogP contribution in [0.25, 0.3) is 21.7 Å². The van der Waals surface area contributed by atoms with E-state index < -0.39 is 0 Å². The first-order valence-electron chi connectivity index (χ1n) is 9.32. The molecule has 3 N–H and O–H groups in total. The molecule has 0 spiro atoms. The number of benzene rings is 1. The molecule has 0 saturated carbocycles. The summed E-state index contributed by atoms with van der Waals surface area (Å²) in [5.74, 6) is 1.03. The lowest BCUT2D eigenvalue weighted by molar-refractivity contribution is 0.359. The number of hydrogen-bond acceptors (Lipinski definition) is 5. The smallest absolute Gasteiger partial charge is 0.258 e. The van der Waals surface area contributed by atoms with Crippen LogP contribution in [-0.4, -0.2) is 28.8 Å². The van der Waals surface area contributed by atoms with E-state index in [-0.39, 0.29) is 22.9 Å². The normalized spacial score (nSPS) is 18.0. The Kier molecular flexibility index (Phi) is 4.13. The molecule has 1 unspecified atom stereocenters. The molecule has 1 aliphatic rings. The number of hydrogen-bond donors (Lipinski definition) is 3. The van der Waals surface area contributed by atoms with Crippen LogP contribution in [0.4, 0.5) is 5.82 Å². The van der Waals surface area contributed by atoms with Gasteiger partial charge in [0.05, 0.1) is 10.9 Å². The molecule has 0 amide bonds. The number of aromatic nitrogens is 2. The lowest BCUT2D eigenvalue weighted by Crippen LogP contribution is -2.31. The van der Waals surface area contributed by atoms with Crippen LogP contribution >= 0.6 is 0 Å². The van der Waals surface area contributed by atoms with Gasteiger partial charge in [0.25, 0.3) is 5.56 Å². The highest BCUT2D eigenvalue weighted by Crippen LogP contribution is 2.32. The molecular formula is C21H25N5O. The molecular weight excluding hydrogens is 338 g/mol. The molecule has 0 radical (unpaired) electrons. The standard InChI is InChI=1S/C21H25N5O/c1-12(21(2,3)4)25-19-15-6-5-13(14-10-23-24-11-14)9-16(15)18-17(26-19)7-8-22-20(18)27/h5-10,12,14,24H,11H2,1-4H3,(H,22,27)(H,25,26)/t12-,14?/m1/s1. The topological polar surface area (TPSA) is 82.2 Å². The number of anilines is 1. The van der Waals surface area contributed by atoms with Crippen molar-refractivity contribution in [1.82, 2.24) is 15.4 Å². The number of hydrazone groups is 1. The third-order valence-electron chi connectivity index (χ3n) is 5.48. The van der Waals surface area contributed by atoms with Crippen LogP contribution in [0.1, 0.15) is 39.2 Å². The van der Waals surface area contributed by atoms with E-state index in [1.54, 1.807) is 6.20 Å². The van der Waals surface area contributed by atoms with Gasteiger partial charge in [-0.05, 0) is 30.0 Å². The number of fused-ring (bicyclic) bond motifs is 3. The first kappa shape index (κ1) is 17.5. The van der Waals surface area contributed by atoms with E-state index in [0.717, 1.165) is 28.7 Å². The van der Waals surface area contributed by atoms with Crippen molar-refractivity contribution in [3.05, 3.63) is 46.4 Å². The van der Waals surface area contributed by atoms with Crippen molar-refractivity contribution in [2.45, 2.75) is 39.7 Å². The Hall–Kier alpha value is -2.89. The minimum absolute atomic E-state index is 0.0864. The molecule has 1 aromatic carbocycles. The molecule has 4 rings (SSSR count). The van der Waals surface area contributed by atoms with Gasteiger partial charge in [-0.1, -0.05) is 32.9 Å². The Balaban J connectivity index is 1.95. The molecule has 27 heavy (non-hydrogen) atoms. The average molecular weight is 363 g/mol. The molecule has 6 heteroatoms. The Morgan fingerprint density at radius 1 is 1.22 bits per heavy atom. The van der Waals surface area contributed by atoms with Gasteiger partial charge in [-0.25, -0.2) is 4.98 Å². The van der Waals surface area contributed by atoms with Crippen molar-refractivity contribution in [1.29, 1.82) is 0 Å². The van der Waals surface area contributed by atoms with Crippen molar-refractivity contribution >= 4 is 33.7 Å². The van der Waals surface area contributed by atoms with E-state index in [2.05, 4.69) is 66.7 Å². The average Bonchev–Trinajstić information content (AvgIpc) is 3.15. The molecule has 0 bridgehead atoms. The molecule has 1 aliphatic heterocycles. The van der Waals surface area contributed by atoms with Crippen molar-refractivity contribution in [3.63, 3.8) is 0 Å². The molecule has 140 valence electrons. The van der Waals surface area contributed by atoms with Crippen molar-refractivity contribution < 1.29 is 0 Å². The molecule has 6 nitrogen and oxygen atoms in total. The predicted octanol–water partition coefficient (Wildman–Crippen LogP) is 3.60. The van der Waals surface area contributed by atoms with E-state index >= 15 is 0 Å². The van der Waals surface area contributed by atoms with Crippen molar-refractivity contribution in [2.24, 2.45) is 10.5 Å². The summed E-state index contributed by atoms with van der Waals surface area (Å²) in [4.78, 5) is 20.1. The van der Waals surface area contributed by atoms with Crippen LogP contribution in [0, 0.1) is 5.41 Å². The fourth-order valence-electron chi connectivity index (χ4n) is 3.29. The highest BCUT2D eigenvalue weighted by Gasteiger charge is 2.22. The Labute approximate surface area is 158 Å². The number of pyridine rings is 2. The van der Waals surface area contributed by atoms with E-state index in [1.807, 2.05) is 12.3 Å². The zero-order valence-electron chi connectivity index (χ0n) is 16.1. The summed E-state index contributed by atoms with van der Waals surface area (Å²) in [5.41, 5.74) is 4.81. The zero-order chi connectivity index (χ0) is 19.2. The molecule has 3 aromatic rings. The number of H-pyrrole nitrogens is 1. The summed E-state index contributed by atoms with van der Waals surface area (Å²) < 4.78 is 0. The fraction of sp³-hybridized carbons (Fsp3) is 0.381. The molecule has 3 heterocycles. The second-order valence-corrected chi connectivity index (χ2v) is 8.31. The summed E-state index contributed by atoms with van der Waals surface area (Å²) in [6, 6.07) is 8.34. The summed E-state index contributed by atoms with van der Waals surface area (Å²) in [6.45, 7) is 9.52. The maximum atomic E-state index is 12.6. The fourth-order valence-corrected chi connectivity index (χ4v) is 3.29. The molecule has 0 saturated heterocycles. The molecule has 0 fully saturated rings. The van der Waals surface area contributed by atoms with Gasteiger partial charge in [0.15, 0.2) is 0 Å². The molecule has 2 aromatic heterocycles. The van der Waals surface area contributed by atoms with E-state index in [4.69, 9.17) is 4.98 Å². The van der Waals surface area contributed by atoms with Gasteiger partial charge in [0, 0.05) is 41.7 Å². The lowest BCUT2D eigenvalue weighted by atomic mass is 9.88. The zero-order valence-corrected chi connectivity index (χ0v) is 16.1. The van der Waals surface area contributed by atoms with Crippen molar-refractivity contribution in [3.8, 4) is 0 Å². The van der Waals surface area contributed by atoms with Crippen LogP contribution < -0.4 is 16.3 Å². The number of nitrogens with zero attached hydrogens (tertiary/aromatic N) is 2. The highest BCUT2D eigenvalue weighted by molar-refractivity contribution is 6.10. The Morgan fingerprint density at radius 2 is 2.04 bits per heavy atom. The SMILES string of the molecule is C[C@@H](Nc1nc2cc[nH]c(=O)c2c2cc(C3C=NNC3)ccc12)C(C)(C)C. The third kappa shape index (κ3) is 3.16. The Morgan fingerprint density at radius 3 is 2.74 bits per heavy atom. The maximum Gasteiger partial charge on any atom is 0.258 e. The van der Waals surface area contributed by atoms with Crippen molar-refractivity contribution in [2.75, 3.05) is 11.9 Å². The number of nitrogens with one attached hydrogen (secondary N) is 3. The predicted molar refractivity (Wildman–Crippen MR) is 112 cm³/mol. The second kappa shape index (κ2) is 6.37. The molecule has 2 atom stereocenters. The number of rotatable bonds is 3. The van der Waals surface area contributed by atoms with E-state index in [1.165, 1.54) is 0 Å². The first-order valence-corrected chi connectivity index (χ1v) is 9.32. The van der Waals surface area contributed by atoms with Gasteiger partial charge in [0.2, 0.25) is 0 Å². The Bertz CT molecular complexity index is 1090. The quantitative estimate of drug-likeness (QED) is 0.621. The lowest BCUT2D eigenvalue weighted by Gasteiger charge is -2.29. The maximum absolute atomic E-state index is 12.6. The van der Waals surface area contributed by atoms with Gasteiger partial charge in [-0.3, -0.25) is 4.79 Å². The van der Waals surface area contributed by atoms with Gasteiger partial charge in [0.1, 0.15) is 5.82 Å². The van der Waals surface area contributed by atoms with E-state index in [9.17, 15) is 4.79 Å². The van der Waals surface area contributed by atoms with Crippen LogP contribution in [0.2, 0.25) is 0 Å².